The van der Waals surface area contributed by atoms with Crippen LogP contribution in [-0.2, 0) is 4.79 Å². The number of aliphatic hydroxyl groups excluding tert-OH is 1. The lowest BCUT2D eigenvalue weighted by Crippen LogP contribution is -2.28. The van der Waals surface area contributed by atoms with E-state index in [1.54, 1.807) is 7.05 Å². The molecule has 1 saturated carbocycles. The van der Waals surface area contributed by atoms with E-state index in [1.165, 1.54) is 12.8 Å². The number of hydrogen-bond donors (Lipinski definition) is 3. The first-order chi connectivity index (χ1) is 9.24. The van der Waals surface area contributed by atoms with Crippen molar-refractivity contribution in [3.05, 3.63) is 23.8 Å². The van der Waals surface area contributed by atoms with Crippen LogP contribution in [0.1, 0.15) is 24.4 Å². The summed E-state index contributed by atoms with van der Waals surface area (Å²) in [6, 6.07) is 6.34. The van der Waals surface area contributed by atoms with Gasteiger partial charge < -0.3 is 20.6 Å². The molecule has 1 atom stereocenters. The van der Waals surface area contributed by atoms with Crippen molar-refractivity contribution in [3.63, 3.8) is 0 Å². The van der Waals surface area contributed by atoms with Crippen LogP contribution in [0.2, 0.25) is 0 Å². The second-order valence-electron chi connectivity index (χ2n) is 5.13. The van der Waals surface area contributed by atoms with E-state index in [9.17, 15) is 4.79 Å². The summed E-state index contributed by atoms with van der Waals surface area (Å²) in [5, 5.41) is 15.1. The number of likely N-dealkylation sites (N-methyl/N-ethyl adjacent to an activating group) is 1. The van der Waals surface area contributed by atoms with Gasteiger partial charge in [-0.2, -0.15) is 0 Å². The van der Waals surface area contributed by atoms with Crippen LogP contribution >= 0.6 is 0 Å². The molecule has 19 heavy (non-hydrogen) atoms. The molecule has 1 unspecified atom stereocenters. The number of amides is 1. The number of rotatable bonds is 5. The van der Waals surface area contributed by atoms with Crippen LogP contribution < -0.4 is 15.5 Å². The minimum atomic E-state index is -0.253. The van der Waals surface area contributed by atoms with Gasteiger partial charge in [-0.15, -0.1) is 0 Å². The smallest absolute Gasteiger partial charge is 0.246 e. The Morgan fingerprint density at radius 1 is 1.47 bits per heavy atom. The molecule has 3 N–H and O–H groups in total. The average Bonchev–Trinajstić information content (AvgIpc) is 3.18. The highest BCUT2D eigenvalue weighted by atomic mass is 16.3. The highest BCUT2D eigenvalue weighted by Crippen LogP contribution is 2.37. The lowest BCUT2D eigenvalue weighted by Gasteiger charge is -2.24. The monoisotopic (exact) mass is 261 g/mol. The van der Waals surface area contributed by atoms with E-state index >= 15 is 0 Å². The standard InChI is InChI=1S/C14H19N3O2/c1-15-13-11-5-4-10(8-12(11)16-14(13)19)17(6-7-18)9-2-3-9/h4-5,8-9,13,15,18H,2-3,6-7H2,1H3,(H,16,19). The maximum atomic E-state index is 11.8. The van der Waals surface area contributed by atoms with Crippen molar-refractivity contribution < 1.29 is 9.90 Å². The van der Waals surface area contributed by atoms with Gasteiger partial charge in [0.15, 0.2) is 0 Å². The highest BCUT2D eigenvalue weighted by Gasteiger charge is 2.32. The third kappa shape index (κ3) is 2.19. The van der Waals surface area contributed by atoms with Crippen LogP contribution in [0.3, 0.4) is 0 Å². The molecule has 0 spiro atoms. The van der Waals surface area contributed by atoms with Gasteiger partial charge in [0.2, 0.25) is 5.91 Å². The third-order valence-corrected chi connectivity index (χ3v) is 3.82. The Labute approximate surface area is 112 Å². The number of anilines is 2. The minimum absolute atomic E-state index is 0.00483. The van der Waals surface area contributed by atoms with E-state index in [2.05, 4.69) is 15.5 Å². The van der Waals surface area contributed by atoms with Crippen LogP contribution in [0.5, 0.6) is 0 Å². The summed E-state index contributed by atoms with van der Waals surface area (Å²) in [6.07, 6.45) is 2.37. The molecule has 1 amide bonds. The zero-order chi connectivity index (χ0) is 13.4. The van der Waals surface area contributed by atoms with Gasteiger partial charge in [0.1, 0.15) is 6.04 Å². The lowest BCUT2D eigenvalue weighted by molar-refractivity contribution is -0.117. The molecule has 102 valence electrons. The molecule has 1 aliphatic carbocycles. The molecule has 0 bridgehead atoms. The Kier molecular flexibility index (Phi) is 3.16. The number of aliphatic hydroxyl groups is 1. The maximum absolute atomic E-state index is 11.8. The first-order valence-corrected chi connectivity index (χ1v) is 6.74. The van der Waals surface area contributed by atoms with Gasteiger partial charge in [-0.3, -0.25) is 4.79 Å². The van der Waals surface area contributed by atoms with Gasteiger partial charge in [0.25, 0.3) is 0 Å². The minimum Gasteiger partial charge on any atom is -0.395 e. The number of nitrogens with zero attached hydrogens (tertiary/aromatic N) is 1. The SMILES string of the molecule is CNC1C(=O)Nc2cc(N(CCO)C3CC3)ccc21. The normalized spacial score (nSPS) is 21.2. The van der Waals surface area contributed by atoms with Crippen molar-refractivity contribution in [2.75, 3.05) is 30.4 Å². The third-order valence-electron chi connectivity index (χ3n) is 3.82. The van der Waals surface area contributed by atoms with Crippen LogP contribution in [-0.4, -0.2) is 37.3 Å². The summed E-state index contributed by atoms with van der Waals surface area (Å²) < 4.78 is 0. The van der Waals surface area contributed by atoms with E-state index in [4.69, 9.17) is 5.11 Å². The molecule has 1 heterocycles. The van der Waals surface area contributed by atoms with Crippen molar-refractivity contribution in [1.29, 1.82) is 0 Å². The molecule has 1 fully saturated rings. The molecule has 5 nitrogen and oxygen atoms in total. The van der Waals surface area contributed by atoms with Gasteiger partial charge >= 0.3 is 0 Å². The molecule has 1 aliphatic heterocycles. The zero-order valence-corrected chi connectivity index (χ0v) is 11.0. The van der Waals surface area contributed by atoms with Gasteiger partial charge in [0.05, 0.1) is 6.61 Å². The Morgan fingerprint density at radius 3 is 2.89 bits per heavy atom. The summed E-state index contributed by atoms with van der Waals surface area (Å²) in [5.41, 5.74) is 2.95. The molecule has 0 saturated heterocycles. The second-order valence-corrected chi connectivity index (χ2v) is 5.13. The molecular formula is C14H19N3O2. The van der Waals surface area contributed by atoms with Gasteiger partial charge in [-0.05, 0) is 32.0 Å². The van der Waals surface area contributed by atoms with E-state index in [0.717, 1.165) is 16.9 Å². The predicted octanol–water partition coefficient (Wildman–Crippen LogP) is 0.860. The second kappa shape index (κ2) is 4.83. The summed E-state index contributed by atoms with van der Waals surface area (Å²) in [7, 11) is 1.79. The van der Waals surface area contributed by atoms with Crippen molar-refractivity contribution >= 4 is 17.3 Å². The number of nitrogens with one attached hydrogen (secondary N) is 2. The van der Waals surface area contributed by atoms with Gasteiger partial charge in [-0.25, -0.2) is 0 Å². The molecule has 2 aliphatic rings. The Balaban J connectivity index is 1.89. The van der Waals surface area contributed by atoms with Crippen molar-refractivity contribution in [1.82, 2.24) is 5.32 Å². The number of carbonyl (C=O) groups excluding carboxylic acids is 1. The topological polar surface area (TPSA) is 64.6 Å². The summed E-state index contributed by atoms with van der Waals surface area (Å²) >= 11 is 0. The summed E-state index contributed by atoms with van der Waals surface area (Å²) in [4.78, 5) is 14.0. The summed E-state index contributed by atoms with van der Waals surface area (Å²) in [5.74, 6) is -0.00483. The van der Waals surface area contributed by atoms with E-state index in [-0.39, 0.29) is 18.6 Å². The Bertz CT molecular complexity index is 499. The fraction of sp³-hybridized carbons (Fsp3) is 0.500. The molecule has 1 aromatic rings. The Hall–Kier alpha value is -1.59. The number of benzene rings is 1. The van der Waals surface area contributed by atoms with Crippen molar-refractivity contribution in [2.24, 2.45) is 0 Å². The highest BCUT2D eigenvalue weighted by molar-refractivity contribution is 6.03. The number of hydrogen-bond acceptors (Lipinski definition) is 4. The first-order valence-electron chi connectivity index (χ1n) is 6.74. The number of carbonyl (C=O) groups is 1. The fourth-order valence-corrected chi connectivity index (χ4v) is 2.73. The average molecular weight is 261 g/mol. The molecular weight excluding hydrogens is 242 g/mol. The molecule has 1 aromatic carbocycles. The van der Waals surface area contributed by atoms with Crippen molar-refractivity contribution in [3.8, 4) is 0 Å². The molecule has 0 aromatic heterocycles. The van der Waals surface area contributed by atoms with Crippen LogP contribution in [0, 0.1) is 0 Å². The Morgan fingerprint density at radius 2 is 2.26 bits per heavy atom. The van der Waals surface area contributed by atoms with Gasteiger partial charge in [-0.1, -0.05) is 6.07 Å². The van der Waals surface area contributed by atoms with Crippen molar-refractivity contribution in [2.45, 2.75) is 24.9 Å². The molecule has 5 heteroatoms. The summed E-state index contributed by atoms with van der Waals surface area (Å²) in [6.45, 7) is 0.798. The van der Waals surface area contributed by atoms with E-state index in [1.807, 2.05) is 18.2 Å². The maximum Gasteiger partial charge on any atom is 0.246 e. The largest absolute Gasteiger partial charge is 0.395 e. The van der Waals surface area contributed by atoms with Crippen LogP contribution in [0.25, 0.3) is 0 Å². The fourth-order valence-electron chi connectivity index (χ4n) is 2.73. The predicted molar refractivity (Wildman–Crippen MR) is 74.3 cm³/mol. The molecule has 0 radical (unpaired) electrons. The van der Waals surface area contributed by atoms with Gasteiger partial charge in [0, 0.05) is 29.5 Å². The molecule has 3 rings (SSSR count). The van der Waals surface area contributed by atoms with Crippen LogP contribution in [0.15, 0.2) is 18.2 Å². The lowest BCUT2D eigenvalue weighted by atomic mass is 10.1. The quantitative estimate of drug-likeness (QED) is 0.735. The van der Waals surface area contributed by atoms with E-state index in [0.29, 0.717) is 12.6 Å². The number of fused-ring (bicyclic) bond motifs is 1. The van der Waals surface area contributed by atoms with E-state index < -0.39 is 0 Å². The zero-order valence-electron chi connectivity index (χ0n) is 11.0. The first kappa shape index (κ1) is 12.4. The van der Waals surface area contributed by atoms with Crippen LogP contribution in [0.4, 0.5) is 11.4 Å².